The maximum absolute atomic E-state index is 13.5. The van der Waals surface area contributed by atoms with Crippen molar-refractivity contribution in [1.82, 2.24) is 10.3 Å². The molecule has 0 saturated heterocycles. The summed E-state index contributed by atoms with van der Waals surface area (Å²) < 4.78 is 31.8. The Balaban J connectivity index is 2.21. The molecule has 0 saturated carbocycles. The SMILES string of the molecule is CCNCc1cc(C)nc(Oc2ccc(F)cc2F)c1. The van der Waals surface area contributed by atoms with Gasteiger partial charge in [-0.05, 0) is 37.2 Å². The first kappa shape index (κ1) is 14.4. The number of nitrogens with zero attached hydrogens (tertiary/aromatic N) is 1. The highest BCUT2D eigenvalue weighted by Crippen LogP contribution is 2.24. The van der Waals surface area contributed by atoms with Crippen LogP contribution < -0.4 is 10.1 Å². The van der Waals surface area contributed by atoms with Crippen molar-refractivity contribution < 1.29 is 13.5 Å². The molecule has 1 aromatic heterocycles. The van der Waals surface area contributed by atoms with Crippen molar-refractivity contribution in [1.29, 1.82) is 0 Å². The zero-order valence-electron chi connectivity index (χ0n) is 11.4. The normalized spacial score (nSPS) is 10.6. The van der Waals surface area contributed by atoms with Gasteiger partial charge >= 0.3 is 0 Å². The second kappa shape index (κ2) is 6.43. The van der Waals surface area contributed by atoms with Crippen molar-refractivity contribution in [3.63, 3.8) is 0 Å². The van der Waals surface area contributed by atoms with Gasteiger partial charge in [0.15, 0.2) is 11.6 Å². The first-order valence-electron chi connectivity index (χ1n) is 6.39. The van der Waals surface area contributed by atoms with Gasteiger partial charge in [0.2, 0.25) is 5.88 Å². The first-order valence-corrected chi connectivity index (χ1v) is 6.39. The lowest BCUT2D eigenvalue weighted by atomic mass is 10.2. The average Bonchev–Trinajstić information content (AvgIpc) is 2.39. The van der Waals surface area contributed by atoms with Gasteiger partial charge in [-0.25, -0.2) is 13.8 Å². The topological polar surface area (TPSA) is 34.2 Å². The quantitative estimate of drug-likeness (QED) is 0.908. The lowest BCUT2D eigenvalue weighted by Gasteiger charge is -2.09. The Kier molecular flexibility index (Phi) is 4.63. The molecule has 0 aliphatic carbocycles. The smallest absolute Gasteiger partial charge is 0.219 e. The Morgan fingerprint density at radius 1 is 1.20 bits per heavy atom. The second-order valence-corrected chi connectivity index (χ2v) is 4.41. The fraction of sp³-hybridized carbons (Fsp3) is 0.267. The predicted octanol–water partition coefficient (Wildman–Crippen LogP) is 3.57. The van der Waals surface area contributed by atoms with Gasteiger partial charge in [-0.1, -0.05) is 6.92 Å². The summed E-state index contributed by atoms with van der Waals surface area (Å²) in [6.07, 6.45) is 0. The van der Waals surface area contributed by atoms with Gasteiger partial charge in [0.1, 0.15) is 5.82 Å². The van der Waals surface area contributed by atoms with Crippen molar-refractivity contribution in [3.8, 4) is 11.6 Å². The minimum Gasteiger partial charge on any atom is -0.436 e. The van der Waals surface area contributed by atoms with Crippen LogP contribution >= 0.6 is 0 Å². The Bertz CT molecular complexity index is 602. The summed E-state index contributed by atoms with van der Waals surface area (Å²) in [6, 6.07) is 6.84. The molecule has 0 aliphatic rings. The van der Waals surface area contributed by atoms with Gasteiger partial charge in [0.25, 0.3) is 0 Å². The second-order valence-electron chi connectivity index (χ2n) is 4.41. The van der Waals surface area contributed by atoms with Crippen molar-refractivity contribution >= 4 is 0 Å². The zero-order chi connectivity index (χ0) is 14.5. The summed E-state index contributed by atoms with van der Waals surface area (Å²) in [6.45, 7) is 5.38. The molecule has 0 fully saturated rings. The highest BCUT2D eigenvalue weighted by molar-refractivity contribution is 5.31. The van der Waals surface area contributed by atoms with Crippen molar-refractivity contribution in [2.75, 3.05) is 6.54 Å². The maximum Gasteiger partial charge on any atom is 0.219 e. The number of halogens is 2. The third kappa shape index (κ3) is 3.74. The van der Waals surface area contributed by atoms with Gasteiger partial charge in [-0.3, -0.25) is 0 Å². The number of aryl methyl sites for hydroxylation is 1. The lowest BCUT2D eigenvalue weighted by Crippen LogP contribution is -2.12. The molecule has 1 heterocycles. The molecule has 0 bridgehead atoms. The van der Waals surface area contributed by atoms with E-state index in [1.807, 2.05) is 19.9 Å². The monoisotopic (exact) mass is 278 g/mol. The fourth-order valence-electron chi connectivity index (χ4n) is 1.80. The Morgan fingerprint density at radius 2 is 2.00 bits per heavy atom. The number of nitrogens with one attached hydrogen (secondary N) is 1. The molecular weight excluding hydrogens is 262 g/mol. The fourth-order valence-corrected chi connectivity index (χ4v) is 1.80. The summed E-state index contributed by atoms with van der Waals surface area (Å²) in [7, 11) is 0. The lowest BCUT2D eigenvalue weighted by molar-refractivity contribution is 0.422. The Morgan fingerprint density at radius 3 is 2.70 bits per heavy atom. The molecule has 0 atom stereocenters. The van der Waals surface area contributed by atoms with Gasteiger partial charge in [0, 0.05) is 24.4 Å². The van der Waals surface area contributed by atoms with Crippen molar-refractivity contribution in [2.24, 2.45) is 0 Å². The van der Waals surface area contributed by atoms with E-state index in [0.29, 0.717) is 12.4 Å². The third-order valence-corrected chi connectivity index (χ3v) is 2.68. The first-order chi connectivity index (χ1) is 9.58. The van der Waals surface area contributed by atoms with E-state index in [-0.39, 0.29) is 5.75 Å². The number of pyridine rings is 1. The Labute approximate surface area is 116 Å². The van der Waals surface area contributed by atoms with E-state index < -0.39 is 11.6 Å². The van der Waals surface area contributed by atoms with Crippen LogP contribution in [0.15, 0.2) is 30.3 Å². The molecule has 5 heteroatoms. The molecule has 2 aromatic rings. The molecule has 3 nitrogen and oxygen atoms in total. The van der Waals surface area contributed by atoms with Crippen LogP contribution in [0.4, 0.5) is 8.78 Å². The van der Waals surface area contributed by atoms with Crippen molar-refractivity contribution in [2.45, 2.75) is 20.4 Å². The molecule has 0 amide bonds. The van der Waals surface area contributed by atoms with E-state index in [9.17, 15) is 8.78 Å². The largest absolute Gasteiger partial charge is 0.436 e. The van der Waals surface area contributed by atoms with E-state index in [4.69, 9.17) is 4.74 Å². The molecule has 20 heavy (non-hydrogen) atoms. The average molecular weight is 278 g/mol. The number of hydrogen-bond acceptors (Lipinski definition) is 3. The summed E-state index contributed by atoms with van der Waals surface area (Å²) in [4.78, 5) is 4.19. The van der Waals surface area contributed by atoms with Crippen LogP contribution in [0.5, 0.6) is 11.6 Å². The minimum absolute atomic E-state index is 0.0427. The van der Waals surface area contributed by atoms with Crippen LogP contribution in [-0.4, -0.2) is 11.5 Å². The molecule has 106 valence electrons. The van der Waals surface area contributed by atoms with E-state index >= 15 is 0 Å². The van der Waals surface area contributed by atoms with Crippen LogP contribution in [0.2, 0.25) is 0 Å². The number of ether oxygens (including phenoxy) is 1. The highest BCUT2D eigenvalue weighted by atomic mass is 19.1. The molecule has 0 aliphatic heterocycles. The highest BCUT2D eigenvalue weighted by Gasteiger charge is 2.08. The van der Waals surface area contributed by atoms with Crippen LogP contribution in [0, 0.1) is 18.6 Å². The molecular formula is C15H16F2N2O. The number of benzene rings is 1. The molecule has 0 radical (unpaired) electrons. The van der Waals surface area contributed by atoms with Crippen LogP contribution in [0.25, 0.3) is 0 Å². The number of rotatable bonds is 5. The molecule has 0 unspecified atom stereocenters. The van der Waals surface area contributed by atoms with Crippen LogP contribution in [-0.2, 0) is 6.54 Å². The van der Waals surface area contributed by atoms with Gasteiger partial charge in [0.05, 0.1) is 0 Å². The van der Waals surface area contributed by atoms with Crippen LogP contribution in [0.1, 0.15) is 18.2 Å². The van der Waals surface area contributed by atoms with E-state index in [2.05, 4.69) is 10.3 Å². The van der Waals surface area contributed by atoms with Crippen LogP contribution in [0.3, 0.4) is 0 Å². The third-order valence-electron chi connectivity index (χ3n) is 2.68. The zero-order valence-corrected chi connectivity index (χ0v) is 11.4. The van der Waals surface area contributed by atoms with E-state index in [1.54, 1.807) is 6.07 Å². The minimum atomic E-state index is -0.749. The van der Waals surface area contributed by atoms with Gasteiger partial charge in [-0.2, -0.15) is 0 Å². The Hall–Kier alpha value is -2.01. The van der Waals surface area contributed by atoms with Crippen molar-refractivity contribution in [3.05, 3.63) is 53.2 Å². The predicted molar refractivity (Wildman–Crippen MR) is 72.8 cm³/mol. The van der Waals surface area contributed by atoms with E-state index in [0.717, 1.165) is 29.9 Å². The summed E-state index contributed by atoms with van der Waals surface area (Å²) >= 11 is 0. The summed E-state index contributed by atoms with van der Waals surface area (Å²) in [5.74, 6) is -1.14. The maximum atomic E-state index is 13.5. The van der Waals surface area contributed by atoms with Gasteiger partial charge in [-0.15, -0.1) is 0 Å². The molecule has 1 aromatic carbocycles. The molecule has 1 N–H and O–H groups in total. The van der Waals surface area contributed by atoms with E-state index in [1.165, 1.54) is 6.07 Å². The molecule has 0 spiro atoms. The number of hydrogen-bond donors (Lipinski definition) is 1. The van der Waals surface area contributed by atoms with Gasteiger partial charge < -0.3 is 10.1 Å². The standard InChI is InChI=1S/C15H16F2N2O/c1-3-18-9-11-6-10(2)19-15(7-11)20-14-5-4-12(16)8-13(14)17/h4-8,18H,3,9H2,1-2H3. The number of aromatic nitrogens is 1. The summed E-state index contributed by atoms with van der Waals surface area (Å²) in [5.41, 5.74) is 1.77. The molecule has 2 rings (SSSR count). The summed E-state index contributed by atoms with van der Waals surface area (Å²) in [5, 5.41) is 3.19.